The van der Waals surface area contributed by atoms with Gasteiger partial charge < -0.3 is 15.2 Å². The molecule has 0 fully saturated rings. The first-order chi connectivity index (χ1) is 9.79. The lowest BCUT2D eigenvalue weighted by molar-refractivity contribution is 0.0568. The smallest absolute Gasteiger partial charge is 0.408 e. The monoisotopic (exact) mass is 272 g/mol. The molecule has 0 aliphatic rings. The van der Waals surface area contributed by atoms with E-state index in [1.807, 2.05) is 18.2 Å². The van der Waals surface area contributed by atoms with Gasteiger partial charge in [-0.2, -0.15) is 0 Å². The predicted molar refractivity (Wildman–Crippen MR) is 73.8 cm³/mol. The molecule has 5 nitrogen and oxygen atoms in total. The third kappa shape index (κ3) is 4.07. The summed E-state index contributed by atoms with van der Waals surface area (Å²) in [6.45, 7) is 0.0982. The molecular weight excluding hydrogens is 256 g/mol. The standard InChI is InChI=1S/C15H16N2O3/c18-11-14(13-4-2-1-3-5-13)20-15(19)17-10-12-6-8-16-9-7-12/h1-9,14,18H,10-11H2,(H,17,19)/t14-/m0/s1. The van der Waals surface area contributed by atoms with Crippen molar-refractivity contribution in [1.29, 1.82) is 0 Å². The second-order valence-corrected chi connectivity index (χ2v) is 4.20. The Hall–Kier alpha value is -2.40. The zero-order valence-electron chi connectivity index (χ0n) is 10.9. The number of carbonyl (C=O) groups excluding carboxylic acids is 1. The topological polar surface area (TPSA) is 71.5 Å². The van der Waals surface area contributed by atoms with Gasteiger partial charge in [-0.3, -0.25) is 4.98 Å². The second-order valence-electron chi connectivity index (χ2n) is 4.20. The highest BCUT2D eigenvalue weighted by atomic mass is 16.6. The minimum absolute atomic E-state index is 0.257. The molecule has 0 aliphatic carbocycles. The summed E-state index contributed by atoms with van der Waals surface area (Å²) >= 11 is 0. The van der Waals surface area contributed by atoms with Crippen LogP contribution >= 0.6 is 0 Å². The number of aliphatic hydroxyl groups is 1. The van der Waals surface area contributed by atoms with Crippen LogP contribution in [-0.2, 0) is 11.3 Å². The average molecular weight is 272 g/mol. The fourth-order valence-corrected chi connectivity index (χ4v) is 1.72. The van der Waals surface area contributed by atoms with Gasteiger partial charge >= 0.3 is 6.09 Å². The molecule has 2 N–H and O–H groups in total. The SMILES string of the molecule is O=C(NCc1ccncc1)O[C@@H](CO)c1ccccc1. The molecule has 1 aromatic heterocycles. The summed E-state index contributed by atoms with van der Waals surface area (Å²) in [6.07, 6.45) is 2.09. The summed E-state index contributed by atoms with van der Waals surface area (Å²) in [5.41, 5.74) is 1.69. The van der Waals surface area contributed by atoms with Gasteiger partial charge in [0, 0.05) is 18.9 Å². The fraction of sp³-hybridized carbons (Fsp3) is 0.200. The molecule has 0 saturated carbocycles. The van der Waals surface area contributed by atoms with E-state index in [1.165, 1.54) is 0 Å². The number of ether oxygens (including phenoxy) is 1. The molecule has 104 valence electrons. The summed E-state index contributed by atoms with van der Waals surface area (Å²) in [4.78, 5) is 15.6. The van der Waals surface area contributed by atoms with Crippen molar-refractivity contribution in [2.45, 2.75) is 12.6 Å². The number of nitrogens with zero attached hydrogens (tertiary/aromatic N) is 1. The number of pyridine rings is 1. The van der Waals surface area contributed by atoms with Crippen molar-refractivity contribution < 1.29 is 14.6 Å². The Morgan fingerprint density at radius 3 is 2.55 bits per heavy atom. The van der Waals surface area contributed by atoms with Gasteiger partial charge in [0.25, 0.3) is 0 Å². The molecule has 1 aromatic carbocycles. The molecule has 0 unspecified atom stereocenters. The van der Waals surface area contributed by atoms with E-state index in [1.54, 1.807) is 36.7 Å². The minimum atomic E-state index is -0.659. The van der Waals surface area contributed by atoms with E-state index >= 15 is 0 Å². The van der Waals surface area contributed by atoms with Gasteiger partial charge in [-0.1, -0.05) is 30.3 Å². The van der Waals surface area contributed by atoms with Gasteiger partial charge in [-0.25, -0.2) is 4.79 Å². The number of aliphatic hydroxyl groups excluding tert-OH is 1. The largest absolute Gasteiger partial charge is 0.439 e. The number of hydrogen-bond acceptors (Lipinski definition) is 4. The number of aromatic nitrogens is 1. The van der Waals surface area contributed by atoms with Gasteiger partial charge in [0.15, 0.2) is 6.10 Å². The van der Waals surface area contributed by atoms with E-state index in [4.69, 9.17) is 4.74 Å². The normalized spacial score (nSPS) is 11.7. The van der Waals surface area contributed by atoms with Gasteiger partial charge in [0.05, 0.1) is 6.61 Å². The molecule has 20 heavy (non-hydrogen) atoms. The maximum absolute atomic E-state index is 11.7. The Labute approximate surface area is 117 Å². The van der Waals surface area contributed by atoms with Crippen molar-refractivity contribution in [2.24, 2.45) is 0 Å². The van der Waals surface area contributed by atoms with Crippen LogP contribution in [0.1, 0.15) is 17.2 Å². The number of rotatable bonds is 5. The van der Waals surface area contributed by atoms with E-state index < -0.39 is 12.2 Å². The van der Waals surface area contributed by atoms with Gasteiger partial charge in [-0.05, 0) is 23.3 Å². The van der Waals surface area contributed by atoms with Crippen molar-refractivity contribution in [1.82, 2.24) is 10.3 Å². The molecule has 5 heteroatoms. The molecule has 1 heterocycles. The number of alkyl carbamates (subject to hydrolysis) is 1. The van der Waals surface area contributed by atoms with Crippen molar-refractivity contribution >= 4 is 6.09 Å². The third-order valence-corrected chi connectivity index (χ3v) is 2.77. The van der Waals surface area contributed by atoms with Crippen LogP contribution in [0.5, 0.6) is 0 Å². The third-order valence-electron chi connectivity index (χ3n) is 2.77. The van der Waals surface area contributed by atoms with E-state index in [2.05, 4.69) is 10.3 Å². The van der Waals surface area contributed by atoms with E-state index in [-0.39, 0.29) is 6.61 Å². The van der Waals surface area contributed by atoms with Crippen LogP contribution < -0.4 is 5.32 Å². The van der Waals surface area contributed by atoms with Gasteiger partial charge in [-0.15, -0.1) is 0 Å². The highest BCUT2D eigenvalue weighted by molar-refractivity contribution is 5.67. The van der Waals surface area contributed by atoms with Crippen molar-refractivity contribution in [3.05, 3.63) is 66.0 Å². The van der Waals surface area contributed by atoms with Crippen molar-refractivity contribution in [3.63, 3.8) is 0 Å². The van der Waals surface area contributed by atoms with Crippen LogP contribution in [0.4, 0.5) is 4.79 Å². The lowest BCUT2D eigenvalue weighted by Crippen LogP contribution is -2.26. The first-order valence-corrected chi connectivity index (χ1v) is 6.29. The number of amides is 1. The van der Waals surface area contributed by atoms with Crippen LogP contribution in [0.2, 0.25) is 0 Å². The lowest BCUT2D eigenvalue weighted by atomic mass is 10.1. The predicted octanol–water partition coefficient (Wildman–Crippen LogP) is 2.04. The van der Waals surface area contributed by atoms with Gasteiger partial charge in [0.1, 0.15) is 0 Å². The maximum Gasteiger partial charge on any atom is 0.408 e. The summed E-state index contributed by atoms with van der Waals surface area (Å²) in [6, 6.07) is 12.7. The van der Waals surface area contributed by atoms with E-state index in [0.717, 1.165) is 11.1 Å². The van der Waals surface area contributed by atoms with Crippen LogP contribution in [0.3, 0.4) is 0 Å². The van der Waals surface area contributed by atoms with Crippen molar-refractivity contribution in [3.8, 4) is 0 Å². The quantitative estimate of drug-likeness (QED) is 0.873. The molecule has 0 saturated heterocycles. The zero-order chi connectivity index (χ0) is 14.2. The van der Waals surface area contributed by atoms with Crippen LogP contribution in [0.25, 0.3) is 0 Å². The summed E-state index contributed by atoms with van der Waals surface area (Å²) in [5.74, 6) is 0. The highest BCUT2D eigenvalue weighted by Crippen LogP contribution is 2.16. The minimum Gasteiger partial charge on any atom is -0.439 e. The second kappa shape index (κ2) is 7.25. The van der Waals surface area contributed by atoms with Gasteiger partial charge in [0.2, 0.25) is 0 Å². The number of benzene rings is 1. The van der Waals surface area contributed by atoms with E-state index in [0.29, 0.717) is 6.54 Å². The number of carbonyl (C=O) groups is 1. The zero-order valence-corrected chi connectivity index (χ0v) is 10.9. The Morgan fingerprint density at radius 1 is 1.20 bits per heavy atom. The Kier molecular flexibility index (Phi) is 5.08. The van der Waals surface area contributed by atoms with E-state index in [9.17, 15) is 9.90 Å². The first kappa shape index (κ1) is 14.0. The summed E-state index contributed by atoms with van der Waals surface area (Å²) in [5, 5.41) is 11.9. The molecule has 2 aromatic rings. The first-order valence-electron chi connectivity index (χ1n) is 6.29. The Bertz CT molecular complexity index is 531. The molecular formula is C15H16N2O3. The van der Waals surface area contributed by atoms with Crippen molar-refractivity contribution in [2.75, 3.05) is 6.61 Å². The maximum atomic E-state index is 11.7. The molecule has 2 rings (SSSR count). The molecule has 0 spiro atoms. The Morgan fingerprint density at radius 2 is 1.90 bits per heavy atom. The fourth-order valence-electron chi connectivity index (χ4n) is 1.72. The molecule has 1 atom stereocenters. The number of nitrogens with one attached hydrogen (secondary N) is 1. The number of hydrogen-bond donors (Lipinski definition) is 2. The molecule has 0 radical (unpaired) electrons. The van der Waals surface area contributed by atoms with Crippen LogP contribution in [0, 0.1) is 0 Å². The van der Waals surface area contributed by atoms with Crippen LogP contribution in [0.15, 0.2) is 54.9 Å². The molecule has 0 aliphatic heterocycles. The van der Waals surface area contributed by atoms with Crippen LogP contribution in [-0.4, -0.2) is 22.8 Å². The summed E-state index contributed by atoms with van der Waals surface area (Å²) in [7, 11) is 0. The lowest BCUT2D eigenvalue weighted by Gasteiger charge is -2.16. The summed E-state index contributed by atoms with van der Waals surface area (Å²) < 4.78 is 5.19. The molecule has 1 amide bonds. The Balaban J connectivity index is 1.87. The highest BCUT2D eigenvalue weighted by Gasteiger charge is 2.15. The molecule has 0 bridgehead atoms. The average Bonchev–Trinajstić information content (AvgIpc) is 2.52.